The average molecular weight is 443 g/mol. The van der Waals surface area contributed by atoms with E-state index >= 15 is 0 Å². The quantitative estimate of drug-likeness (QED) is 0.610. The number of hydrogen-bond acceptors (Lipinski definition) is 6. The molecule has 1 heterocycles. The fourth-order valence-electron chi connectivity index (χ4n) is 4.46. The Kier molecular flexibility index (Phi) is 8.36. The summed E-state index contributed by atoms with van der Waals surface area (Å²) in [4.78, 5) is 16.5. The first kappa shape index (κ1) is 23.9. The molecular weight excluding hydrogens is 408 g/mol. The molecule has 174 valence electrons. The summed E-state index contributed by atoms with van der Waals surface area (Å²) >= 11 is 0. The fourth-order valence-corrected chi connectivity index (χ4v) is 4.46. The van der Waals surface area contributed by atoms with Gasteiger partial charge in [0.15, 0.2) is 11.5 Å². The van der Waals surface area contributed by atoms with Crippen molar-refractivity contribution in [1.29, 1.82) is 0 Å². The minimum Gasteiger partial charge on any atom is -0.504 e. The first-order chi connectivity index (χ1) is 15.4. The number of carbonyl (C=O) groups excluding carboxylic acids is 1. The van der Waals surface area contributed by atoms with E-state index in [-0.39, 0.29) is 23.5 Å². The molecule has 1 saturated heterocycles. The highest BCUT2D eigenvalue weighted by Crippen LogP contribution is 2.36. The second kappa shape index (κ2) is 11.2. The zero-order chi connectivity index (χ0) is 23.1. The Morgan fingerprint density at radius 3 is 2.62 bits per heavy atom. The predicted molar refractivity (Wildman–Crippen MR) is 123 cm³/mol. The van der Waals surface area contributed by atoms with Gasteiger partial charge in [0.25, 0.3) is 0 Å². The number of amides is 1. The summed E-state index contributed by atoms with van der Waals surface area (Å²) in [7, 11) is 4.89. The summed E-state index contributed by atoms with van der Waals surface area (Å²) < 4.78 is 15.9. The number of likely N-dealkylation sites (tertiary alicyclic amines) is 1. The van der Waals surface area contributed by atoms with E-state index in [1.54, 1.807) is 34.3 Å². The molecule has 1 N–H and O–H groups in total. The Bertz CT molecular complexity index is 904. The van der Waals surface area contributed by atoms with Crippen molar-refractivity contribution in [3.8, 4) is 17.2 Å². The van der Waals surface area contributed by atoms with E-state index in [1.165, 1.54) is 5.56 Å². The monoisotopic (exact) mass is 442 g/mol. The van der Waals surface area contributed by atoms with Crippen molar-refractivity contribution in [3.63, 3.8) is 0 Å². The van der Waals surface area contributed by atoms with Gasteiger partial charge in [-0.25, -0.2) is 0 Å². The summed E-state index contributed by atoms with van der Waals surface area (Å²) in [5.41, 5.74) is 2.29. The van der Waals surface area contributed by atoms with Gasteiger partial charge in [-0.15, -0.1) is 0 Å². The molecule has 0 saturated carbocycles. The molecule has 1 amide bonds. The van der Waals surface area contributed by atoms with E-state index in [0.29, 0.717) is 25.4 Å². The molecule has 0 bridgehead atoms. The van der Waals surface area contributed by atoms with Gasteiger partial charge in [-0.3, -0.25) is 9.69 Å². The van der Waals surface area contributed by atoms with Crippen LogP contribution in [0.5, 0.6) is 17.2 Å². The van der Waals surface area contributed by atoms with E-state index in [2.05, 4.69) is 17.0 Å². The Balaban J connectivity index is 1.82. The van der Waals surface area contributed by atoms with Gasteiger partial charge in [0, 0.05) is 52.7 Å². The minimum atomic E-state index is 0.0631. The molecule has 0 aliphatic carbocycles. The van der Waals surface area contributed by atoms with E-state index in [9.17, 15) is 9.90 Å². The number of phenolic OH excluding ortho intramolecular Hbond substituents is 1. The van der Waals surface area contributed by atoms with Crippen LogP contribution >= 0.6 is 0 Å². The Morgan fingerprint density at radius 2 is 1.94 bits per heavy atom. The zero-order valence-electron chi connectivity index (χ0n) is 19.4. The number of hydrogen-bond donors (Lipinski definition) is 1. The van der Waals surface area contributed by atoms with Gasteiger partial charge in [-0.05, 0) is 41.3 Å². The number of aromatic hydroxyl groups is 1. The van der Waals surface area contributed by atoms with Gasteiger partial charge < -0.3 is 24.2 Å². The zero-order valence-corrected chi connectivity index (χ0v) is 19.4. The molecular formula is C25H34N2O5. The van der Waals surface area contributed by atoms with Crippen molar-refractivity contribution in [1.82, 2.24) is 9.80 Å². The number of ether oxygens (including phenoxy) is 3. The lowest BCUT2D eigenvalue weighted by molar-refractivity contribution is -0.130. The van der Waals surface area contributed by atoms with Gasteiger partial charge in [0.1, 0.15) is 5.75 Å². The molecule has 1 fully saturated rings. The maximum absolute atomic E-state index is 12.3. The maximum Gasteiger partial charge on any atom is 0.219 e. The van der Waals surface area contributed by atoms with Crippen LogP contribution in [0.3, 0.4) is 0 Å². The third-order valence-electron chi connectivity index (χ3n) is 6.15. The number of phenols is 1. The Morgan fingerprint density at radius 1 is 1.12 bits per heavy atom. The third kappa shape index (κ3) is 5.93. The topological polar surface area (TPSA) is 71.5 Å². The van der Waals surface area contributed by atoms with Crippen molar-refractivity contribution >= 4 is 5.91 Å². The second-order valence-corrected chi connectivity index (χ2v) is 8.30. The molecule has 2 atom stereocenters. The highest BCUT2D eigenvalue weighted by atomic mass is 16.5. The Hall–Kier alpha value is -2.77. The molecule has 2 aromatic rings. The summed E-state index contributed by atoms with van der Waals surface area (Å²) in [6.07, 6.45) is 0. The van der Waals surface area contributed by atoms with Crippen molar-refractivity contribution < 1.29 is 24.1 Å². The van der Waals surface area contributed by atoms with Crippen molar-refractivity contribution in [2.45, 2.75) is 19.4 Å². The summed E-state index contributed by atoms with van der Waals surface area (Å²) in [5.74, 6) is 2.07. The Labute approximate surface area is 190 Å². The van der Waals surface area contributed by atoms with Crippen LogP contribution in [0.1, 0.15) is 24.0 Å². The highest BCUT2D eigenvalue weighted by Gasteiger charge is 2.35. The van der Waals surface area contributed by atoms with Crippen LogP contribution in [0.2, 0.25) is 0 Å². The van der Waals surface area contributed by atoms with E-state index < -0.39 is 0 Å². The van der Waals surface area contributed by atoms with E-state index in [1.807, 2.05) is 29.2 Å². The van der Waals surface area contributed by atoms with Gasteiger partial charge in [-0.1, -0.05) is 18.2 Å². The lowest BCUT2D eigenvalue weighted by Crippen LogP contribution is -2.38. The molecule has 0 radical (unpaired) electrons. The number of nitrogens with zero attached hydrogens (tertiary/aromatic N) is 2. The van der Waals surface area contributed by atoms with Crippen molar-refractivity contribution in [2.75, 3.05) is 54.1 Å². The van der Waals surface area contributed by atoms with Crippen LogP contribution in [0.15, 0.2) is 42.5 Å². The van der Waals surface area contributed by atoms with Crippen LogP contribution in [-0.2, 0) is 16.1 Å². The molecule has 0 aromatic heterocycles. The third-order valence-corrected chi connectivity index (χ3v) is 6.15. The molecule has 0 spiro atoms. The second-order valence-electron chi connectivity index (χ2n) is 8.30. The molecule has 3 rings (SSSR count). The predicted octanol–water partition coefficient (Wildman–Crippen LogP) is 3.12. The van der Waals surface area contributed by atoms with Crippen LogP contribution in [-0.4, -0.2) is 74.9 Å². The molecule has 1 aliphatic heterocycles. The fraction of sp³-hybridized carbons (Fsp3) is 0.480. The molecule has 1 aliphatic rings. The lowest BCUT2D eigenvalue weighted by Gasteiger charge is -2.27. The highest BCUT2D eigenvalue weighted by molar-refractivity contribution is 5.73. The summed E-state index contributed by atoms with van der Waals surface area (Å²) in [6.45, 7) is 5.88. The van der Waals surface area contributed by atoms with E-state index in [4.69, 9.17) is 14.2 Å². The van der Waals surface area contributed by atoms with Crippen molar-refractivity contribution in [2.24, 2.45) is 5.92 Å². The summed E-state index contributed by atoms with van der Waals surface area (Å²) in [6, 6.07) is 13.7. The van der Waals surface area contributed by atoms with Crippen molar-refractivity contribution in [3.05, 3.63) is 53.6 Å². The number of benzene rings is 2. The number of rotatable bonds is 10. The number of carbonyl (C=O) groups is 1. The lowest BCUT2D eigenvalue weighted by atomic mass is 9.88. The number of methoxy groups -OCH3 is 3. The first-order valence-electron chi connectivity index (χ1n) is 10.9. The minimum absolute atomic E-state index is 0.0631. The van der Waals surface area contributed by atoms with Crippen LogP contribution in [0, 0.1) is 5.92 Å². The maximum atomic E-state index is 12.3. The van der Waals surface area contributed by atoms with Crippen LogP contribution in [0.4, 0.5) is 0 Å². The molecule has 2 aromatic carbocycles. The van der Waals surface area contributed by atoms with Crippen LogP contribution in [0.25, 0.3) is 0 Å². The standard InChI is InChI=1S/C25H34N2O5/c1-18(28)27(10-11-30-2)16-21-15-26(14-19-8-9-24(29)25(12-19)32-4)17-23(21)20-6-5-7-22(13-20)31-3/h5-9,12-13,21,23,29H,10-11,14-17H2,1-4H3. The largest absolute Gasteiger partial charge is 0.504 e. The molecule has 7 nitrogen and oxygen atoms in total. The van der Waals surface area contributed by atoms with Gasteiger partial charge in [0.2, 0.25) is 5.91 Å². The molecule has 7 heteroatoms. The SMILES string of the molecule is COCCN(CC1CN(Cc2ccc(O)c(OC)c2)CC1c1cccc(OC)c1)C(C)=O. The van der Waals surface area contributed by atoms with Gasteiger partial charge in [-0.2, -0.15) is 0 Å². The smallest absolute Gasteiger partial charge is 0.219 e. The molecule has 32 heavy (non-hydrogen) atoms. The average Bonchev–Trinajstić information content (AvgIpc) is 3.19. The van der Waals surface area contributed by atoms with Crippen LogP contribution < -0.4 is 9.47 Å². The summed E-state index contributed by atoms with van der Waals surface area (Å²) in [5, 5.41) is 9.90. The van der Waals surface area contributed by atoms with Gasteiger partial charge >= 0.3 is 0 Å². The first-order valence-corrected chi connectivity index (χ1v) is 10.9. The molecule has 2 unspecified atom stereocenters. The normalized spacial score (nSPS) is 18.5. The van der Waals surface area contributed by atoms with Gasteiger partial charge in [0.05, 0.1) is 20.8 Å². The van der Waals surface area contributed by atoms with E-state index in [0.717, 1.165) is 30.9 Å².